The monoisotopic (exact) mass is 394 g/mol. The summed E-state index contributed by atoms with van der Waals surface area (Å²) in [7, 11) is -3.60. The van der Waals surface area contributed by atoms with Gasteiger partial charge in [0.25, 0.3) is 0 Å². The molecule has 0 radical (unpaired) electrons. The first-order valence-corrected chi connectivity index (χ1v) is 18.8. The molecule has 0 saturated heterocycles. The second-order valence-electron chi connectivity index (χ2n) is 7.70. The Morgan fingerprint density at radius 1 is 0.957 bits per heavy atom. The Morgan fingerprint density at radius 3 is 2.22 bits per heavy atom. The first-order chi connectivity index (χ1) is 10.7. The molecule has 0 heterocycles. The van der Waals surface area contributed by atoms with Crippen LogP contribution in [-0.2, 0) is 17.8 Å². The minimum absolute atomic E-state index is 0.0449. The Morgan fingerprint density at radius 2 is 1.61 bits per heavy atom. The molecule has 0 bridgehead atoms. The van der Waals surface area contributed by atoms with E-state index in [1.807, 2.05) is 0 Å². The summed E-state index contributed by atoms with van der Waals surface area (Å²) in [6, 6.07) is 3.61. The minimum Gasteiger partial charge on any atom is -0.466 e. The van der Waals surface area contributed by atoms with Gasteiger partial charge in [0.2, 0.25) is 0 Å². The standard InChI is InChI=1S/C15H38O4Si4/c1-7-8-10-15(16)17-11-9-12-20-19-23(5,6)14-13-21-18-22(2,3)4/h7-14,20-21H2,1-6H3. The van der Waals surface area contributed by atoms with E-state index >= 15 is 0 Å². The van der Waals surface area contributed by atoms with Crippen LogP contribution in [0.5, 0.6) is 0 Å². The van der Waals surface area contributed by atoms with Crippen molar-refractivity contribution in [3.63, 3.8) is 0 Å². The number of esters is 1. The third-order valence-electron chi connectivity index (χ3n) is 3.49. The molecule has 0 unspecified atom stereocenters. The van der Waals surface area contributed by atoms with Crippen LogP contribution in [0, 0.1) is 0 Å². The maximum atomic E-state index is 11.4. The largest absolute Gasteiger partial charge is 0.466 e. The first kappa shape index (κ1) is 23.3. The SMILES string of the molecule is CCCCC(=O)OCCC[SiH2]O[Si](C)(C)CC[SiH2]O[Si](C)(C)C. The number of unbranched alkanes of at least 4 members (excludes halogenated alkanes) is 1. The summed E-state index contributed by atoms with van der Waals surface area (Å²) in [5, 5.41) is 0. The first-order valence-electron chi connectivity index (χ1n) is 9.10. The van der Waals surface area contributed by atoms with Crippen molar-refractivity contribution < 1.29 is 17.8 Å². The Kier molecular flexibility index (Phi) is 12.7. The summed E-state index contributed by atoms with van der Waals surface area (Å²) >= 11 is 0. The van der Waals surface area contributed by atoms with Crippen molar-refractivity contribution in [2.24, 2.45) is 0 Å². The molecule has 0 aromatic carbocycles. The highest BCUT2D eigenvalue weighted by Crippen LogP contribution is 2.15. The Labute approximate surface area is 150 Å². The summed E-state index contributed by atoms with van der Waals surface area (Å²) in [4.78, 5) is 11.4. The molecule has 0 aromatic heterocycles. The van der Waals surface area contributed by atoms with Gasteiger partial charge in [0.1, 0.15) is 19.5 Å². The maximum absolute atomic E-state index is 11.4. The molecular weight excluding hydrogens is 357 g/mol. The molecule has 0 fully saturated rings. The molecule has 0 atom stereocenters. The third-order valence-corrected chi connectivity index (χ3v) is 15.4. The zero-order valence-corrected chi connectivity index (χ0v) is 21.0. The number of hydrogen-bond donors (Lipinski definition) is 0. The van der Waals surface area contributed by atoms with Crippen molar-refractivity contribution in [3.05, 3.63) is 0 Å². The van der Waals surface area contributed by atoms with Crippen molar-refractivity contribution in [2.45, 2.75) is 83.5 Å². The van der Waals surface area contributed by atoms with Crippen LogP contribution in [0.25, 0.3) is 0 Å². The van der Waals surface area contributed by atoms with Gasteiger partial charge in [-0.25, -0.2) is 0 Å². The van der Waals surface area contributed by atoms with Crippen molar-refractivity contribution in [1.82, 2.24) is 0 Å². The molecule has 0 rings (SSSR count). The van der Waals surface area contributed by atoms with Crippen molar-refractivity contribution >= 4 is 42.1 Å². The Bertz CT molecular complexity index is 319. The van der Waals surface area contributed by atoms with Crippen LogP contribution in [0.2, 0.25) is 50.9 Å². The van der Waals surface area contributed by atoms with E-state index in [-0.39, 0.29) is 15.7 Å². The van der Waals surface area contributed by atoms with Gasteiger partial charge in [0.05, 0.1) is 6.61 Å². The summed E-state index contributed by atoms with van der Waals surface area (Å²) < 4.78 is 17.5. The van der Waals surface area contributed by atoms with Gasteiger partial charge in [-0.05, 0) is 63.7 Å². The van der Waals surface area contributed by atoms with E-state index in [1.165, 1.54) is 12.1 Å². The third kappa shape index (κ3) is 16.9. The van der Waals surface area contributed by atoms with Crippen LogP contribution < -0.4 is 0 Å². The lowest BCUT2D eigenvalue weighted by Gasteiger charge is -2.24. The maximum Gasteiger partial charge on any atom is 0.305 e. The molecule has 0 spiro atoms. The molecule has 23 heavy (non-hydrogen) atoms. The smallest absolute Gasteiger partial charge is 0.305 e. The summed E-state index contributed by atoms with van der Waals surface area (Å²) in [6.45, 7) is 14.1. The average Bonchev–Trinajstić information content (AvgIpc) is 2.44. The van der Waals surface area contributed by atoms with Crippen LogP contribution >= 0.6 is 0 Å². The van der Waals surface area contributed by atoms with E-state index in [1.54, 1.807) is 0 Å². The summed E-state index contributed by atoms with van der Waals surface area (Å²) in [5.41, 5.74) is 0. The fourth-order valence-electron chi connectivity index (χ4n) is 2.08. The van der Waals surface area contributed by atoms with Crippen LogP contribution in [0.1, 0.15) is 32.6 Å². The van der Waals surface area contributed by atoms with E-state index in [0.29, 0.717) is 13.0 Å². The van der Waals surface area contributed by atoms with Gasteiger partial charge in [0, 0.05) is 6.42 Å². The number of rotatable bonds is 14. The predicted octanol–water partition coefficient (Wildman–Crippen LogP) is 3.19. The normalized spacial score (nSPS) is 13.5. The Hall–Kier alpha value is 0.258. The molecule has 138 valence electrons. The molecule has 0 saturated carbocycles. The lowest BCUT2D eigenvalue weighted by atomic mass is 10.2. The molecule has 0 N–H and O–H groups in total. The molecule has 0 amide bonds. The van der Waals surface area contributed by atoms with Gasteiger partial charge >= 0.3 is 5.97 Å². The fourth-order valence-corrected chi connectivity index (χ4v) is 12.9. The summed E-state index contributed by atoms with van der Waals surface area (Å²) in [5.74, 6) is -0.0449. The number of carbonyl (C=O) groups excluding carboxylic acids is 1. The number of carbonyl (C=O) groups is 1. The van der Waals surface area contributed by atoms with E-state index in [9.17, 15) is 4.79 Å². The zero-order valence-electron chi connectivity index (χ0n) is 16.2. The van der Waals surface area contributed by atoms with E-state index in [4.69, 9.17) is 13.0 Å². The highest BCUT2D eigenvalue weighted by Gasteiger charge is 2.22. The molecule has 0 aliphatic carbocycles. The van der Waals surface area contributed by atoms with Crippen LogP contribution in [-0.4, -0.2) is 48.7 Å². The lowest BCUT2D eigenvalue weighted by Crippen LogP contribution is -2.33. The van der Waals surface area contributed by atoms with Crippen molar-refractivity contribution in [1.29, 1.82) is 0 Å². The van der Waals surface area contributed by atoms with Crippen LogP contribution in [0.4, 0.5) is 0 Å². The van der Waals surface area contributed by atoms with Gasteiger partial charge in [-0.1, -0.05) is 13.3 Å². The van der Waals surface area contributed by atoms with Crippen molar-refractivity contribution in [3.8, 4) is 0 Å². The molecule has 4 nitrogen and oxygen atoms in total. The lowest BCUT2D eigenvalue weighted by molar-refractivity contribution is -0.143. The Balaban J connectivity index is 3.56. The molecule has 8 heteroatoms. The number of hydrogen-bond acceptors (Lipinski definition) is 4. The summed E-state index contributed by atoms with van der Waals surface area (Å²) in [6.07, 6.45) is 3.50. The highest BCUT2D eigenvalue weighted by molar-refractivity contribution is 6.76. The van der Waals surface area contributed by atoms with Crippen molar-refractivity contribution in [2.75, 3.05) is 6.61 Å². The molecule has 0 aromatic rings. The quantitative estimate of drug-likeness (QED) is 0.258. The molecular formula is C15H38O4Si4. The predicted molar refractivity (Wildman–Crippen MR) is 110 cm³/mol. The number of ether oxygens (including phenoxy) is 1. The second-order valence-corrected chi connectivity index (χ2v) is 20.5. The molecule has 0 aliphatic rings. The van der Waals surface area contributed by atoms with Gasteiger partial charge in [0.15, 0.2) is 16.6 Å². The van der Waals surface area contributed by atoms with E-state index in [0.717, 1.165) is 25.3 Å². The zero-order chi connectivity index (χ0) is 17.8. The minimum atomic E-state index is -1.48. The van der Waals surface area contributed by atoms with Gasteiger partial charge < -0.3 is 13.0 Å². The highest BCUT2D eigenvalue weighted by atomic mass is 28.4. The van der Waals surface area contributed by atoms with E-state index in [2.05, 4.69) is 39.7 Å². The van der Waals surface area contributed by atoms with Crippen LogP contribution in [0.15, 0.2) is 0 Å². The van der Waals surface area contributed by atoms with E-state index < -0.39 is 26.4 Å². The van der Waals surface area contributed by atoms with Gasteiger partial charge in [-0.2, -0.15) is 0 Å². The van der Waals surface area contributed by atoms with Gasteiger partial charge in [-0.3, -0.25) is 4.79 Å². The topological polar surface area (TPSA) is 44.8 Å². The molecule has 0 aliphatic heterocycles. The van der Waals surface area contributed by atoms with Crippen LogP contribution in [0.3, 0.4) is 0 Å². The van der Waals surface area contributed by atoms with Gasteiger partial charge in [-0.15, -0.1) is 0 Å². The average molecular weight is 395 g/mol. The second kappa shape index (κ2) is 12.6. The fraction of sp³-hybridized carbons (Fsp3) is 0.933.